The molecule has 1 heterocycles. The van der Waals surface area contributed by atoms with Crippen molar-refractivity contribution in [3.8, 4) is 5.75 Å². The molecule has 1 aliphatic carbocycles. The van der Waals surface area contributed by atoms with E-state index in [2.05, 4.69) is 73.2 Å². The molecule has 0 amide bonds. The number of nitrogens with zero attached hydrogens (tertiary/aromatic N) is 2. The van der Waals surface area contributed by atoms with Gasteiger partial charge in [-0.05, 0) is 98.6 Å². The van der Waals surface area contributed by atoms with Gasteiger partial charge in [-0.15, -0.1) is 0 Å². The van der Waals surface area contributed by atoms with Crippen LogP contribution in [-0.4, -0.2) is 37.6 Å². The van der Waals surface area contributed by atoms with Gasteiger partial charge >= 0.3 is 0 Å². The molecular formula is C38H47ClN2O. The molecule has 0 aromatic heterocycles. The Morgan fingerprint density at radius 2 is 1.76 bits per heavy atom. The van der Waals surface area contributed by atoms with Crippen molar-refractivity contribution in [1.82, 2.24) is 4.90 Å². The molecular weight excluding hydrogens is 536 g/mol. The van der Waals surface area contributed by atoms with Gasteiger partial charge in [-0.25, -0.2) is 0 Å². The average molecular weight is 583 g/mol. The van der Waals surface area contributed by atoms with E-state index in [1.54, 1.807) is 5.57 Å². The van der Waals surface area contributed by atoms with E-state index in [0.29, 0.717) is 5.41 Å². The molecule has 2 aliphatic rings. The molecule has 0 spiro atoms. The summed E-state index contributed by atoms with van der Waals surface area (Å²) in [6.07, 6.45) is 13.5. The third kappa shape index (κ3) is 8.18. The van der Waals surface area contributed by atoms with Gasteiger partial charge in [0, 0.05) is 55.1 Å². The Bertz CT molecular complexity index is 1400. The maximum Gasteiger partial charge on any atom is 0.136 e. The van der Waals surface area contributed by atoms with Crippen molar-refractivity contribution in [1.29, 1.82) is 0 Å². The minimum Gasteiger partial charge on any atom is -0.457 e. The zero-order valence-corrected chi connectivity index (χ0v) is 26.9. The third-order valence-electron chi connectivity index (χ3n) is 8.40. The number of benzene rings is 2. The lowest BCUT2D eigenvalue weighted by Crippen LogP contribution is -2.47. The first-order valence-electron chi connectivity index (χ1n) is 15.2. The average Bonchev–Trinajstić information content (AvgIpc) is 2.98. The van der Waals surface area contributed by atoms with Crippen LogP contribution in [0.5, 0.6) is 5.75 Å². The fourth-order valence-corrected chi connectivity index (χ4v) is 5.95. The molecule has 3 nitrogen and oxygen atoms in total. The number of hydrogen-bond acceptors (Lipinski definition) is 3. The fraction of sp³-hybridized carbons (Fsp3) is 0.368. The molecule has 4 rings (SSSR count). The summed E-state index contributed by atoms with van der Waals surface area (Å²) in [7, 11) is 0. The van der Waals surface area contributed by atoms with Crippen molar-refractivity contribution in [3.63, 3.8) is 0 Å². The van der Waals surface area contributed by atoms with Crippen LogP contribution < -0.4 is 9.64 Å². The first kappa shape index (κ1) is 31.7. The molecule has 222 valence electrons. The zero-order chi connectivity index (χ0) is 30.3. The normalized spacial score (nSPS) is 18.5. The Morgan fingerprint density at radius 1 is 1.05 bits per heavy atom. The van der Waals surface area contributed by atoms with Gasteiger partial charge in [-0.1, -0.05) is 80.1 Å². The fourth-order valence-electron chi connectivity index (χ4n) is 5.82. The van der Waals surface area contributed by atoms with Crippen LogP contribution in [0, 0.1) is 5.41 Å². The molecule has 1 fully saturated rings. The van der Waals surface area contributed by atoms with E-state index in [1.807, 2.05) is 57.2 Å². The zero-order valence-electron chi connectivity index (χ0n) is 26.2. The molecule has 0 saturated carbocycles. The first-order valence-corrected chi connectivity index (χ1v) is 15.6. The summed E-state index contributed by atoms with van der Waals surface area (Å²) in [5.74, 6) is 1.61. The van der Waals surface area contributed by atoms with Gasteiger partial charge in [0.1, 0.15) is 11.5 Å². The van der Waals surface area contributed by atoms with Crippen molar-refractivity contribution in [2.45, 2.75) is 53.9 Å². The molecule has 0 unspecified atom stereocenters. The van der Waals surface area contributed by atoms with E-state index in [4.69, 9.17) is 16.3 Å². The molecule has 42 heavy (non-hydrogen) atoms. The number of ether oxygens (including phenoxy) is 1. The van der Waals surface area contributed by atoms with Crippen LogP contribution in [0.1, 0.15) is 65.0 Å². The summed E-state index contributed by atoms with van der Waals surface area (Å²) in [6, 6.07) is 14.9. The molecule has 0 bridgehead atoms. The van der Waals surface area contributed by atoms with E-state index >= 15 is 0 Å². The minimum absolute atomic E-state index is 0.329. The number of rotatable bonds is 10. The molecule has 0 atom stereocenters. The third-order valence-corrected chi connectivity index (χ3v) is 8.65. The van der Waals surface area contributed by atoms with E-state index in [-0.39, 0.29) is 0 Å². The SMILES string of the molecule is C=Cc1ccc(N2CCN(CC3=C(c4ccc(Cl)cc4)CC(C)(C)CC3)CC2)cc1OC(/C=C(/C=C\C)C(=C)C)=C/C. The molecule has 0 radical (unpaired) electrons. The molecule has 2 aromatic rings. The van der Waals surface area contributed by atoms with Crippen LogP contribution in [0.15, 0.2) is 102 Å². The van der Waals surface area contributed by atoms with Gasteiger partial charge in [0.2, 0.25) is 0 Å². The number of anilines is 1. The molecule has 1 saturated heterocycles. The summed E-state index contributed by atoms with van der Waals surface area (Å²) >= 11 is 6.21. The van der Waals surface area contributed by atoms with Crippen molar-refractivity contribution in [2.75, 3.05) is 37.6 Å². The van der Waals surface area contributed by atoms with Gasteiger partial charge in [0.25, 0.3) is 0 Å². The Kier molecular flexibility index (Phi) is 10.8. The highest BCUT2D eigenvalue weighted by Crippen LogP contribution is 2.43. The van der Waals surface area contributed by atoms with Crippen LogP contribution in [0.3, 0.4) is 0 Å². The van der Waals surface area contributed by atoms with E-state index in [9.17, 15) is 0 Å². The second-order valence-electron chi connectivity index (χ2n) is 12.3. The van der Waals surface area contributed by atoms with Crippen LogP contribution in [0.4, 0.5) is 5.69 Å². The number of hydrogen-bond donors (Lipinski definition) is 0. The van der Waals surface area contributed by atoms with Crippen LogP contribution >= 0.6 is 11.6 Å². The minimum atomic E-state index is 0.329. The van der Waals surface area contributed by atoms with Crippen LogP contribution in [0.25, 0.3) is 11.6 Å². The molecule has 0 N–H and O–H groups in total. The first-order chi connectivity index (χ1) is 20.1. The Hall–Kier alpha value is -3.27. The topological polar surface area (TPSA) is 15.7 Å². The standard InChI is InChI=1S/C38H47ClN2O/c1-8-11-31(28(4)5)24-35(10-3)42-37-25-34(17-14-29(37)9-2)41-22-20-40(21-23-41)27-32-18-19-38(6,7)26-36(32)30-12-15-33(39)16-13-30/h8-17,24-25H,2,4,18-23,26-27H2,1,3,5-7H3/b11-8-,31-24-,35-10+. The summed E-state index contributed by atoms with van der Waals surface area (Å²) < 4.78 is 6.43. The monoisotopic (exact) mass is 582 g/mol. The predicted octanol–water partition coefficient (Wildman–Crippen LogP) is 10.1. The summed E-state index contributed by atoms with van der Waals surface area (Å²) in [5, 5.41) is 0.797. The molecule has 1 aliphatic heterocycles. The number of allylic oxidation sites excluding steroid dienone is 7. The summed E-state index contributed by atoms with van der Waals surface area (Å²) in [5.41, 5.74) is 8.98. The highest BCUT2D eigenvalue weighted by atomic mass is 35.5. The largest absolute Gasteiger partial charge is 0.457 e. The van der Waals surface area contributed by atoms with Gasteiger partial charge in [0.15, 0.2) is 0 Å². The highest BCUT2D eigenvalue weighted by Gasteiger charge is 2.29. The Morgan fingerprint density at radius 3 is 2.38 bits per heavy atom. The van der Waals surface area contributed by atoms with E-state index in [1.165, 1.54) is 23.2 Å². The van der Waals surface area contributed by atoms with Crippen LogP contribution in [-0.2, 0) is 0 Å². The Labute approximate surface area is 259 Å². The predicted molar refractivity (Wildman–Crippen MR) is 183 cm³/mol. The van der Waals surface area contributed by atoms with Crippen LogP contribution in [0.2, 0.25) is 5.02 Å². The summed E-state index contributed by atoms with van der Waals surface area (Å²) in [4.78, 5) is 5.09. The van der Waals surface area contributed by atoms with E-state index in [0.717, 1.165) is 78.8 Å². The molecule has 4 heteroatoms. The quantitative estimate of drug-likeness (QED) is 0.205. The number of halogens is 1. The van der Waals surface area contributed by atoms with Gasteiger partial charge in [-0.2, -0.15) is 0 Å². The van der Waals surface area contributed by atoms with Crippen molar-refractivity contribution >= 4 is 28.9 Å². The van der Waals surface area contributed by atoms with Crippen molar-refractivity contribution < 1.29 is 4.74 Å². The van der Waals surface area contributed by atoms with Gasteiger partial charge in [0.05, 0.1) is 0 Å². The van der Waals surface area contributed by atoms with Crippen molar-refractivity contribution in [3.05, 3.63) is 119 Å². The second kappa shape index (κ2) is 14.3. The van der Waals surface area contributed by atoms with E-state index < -0.39 is 0 Å². The Balaban J connectivity index is 1.47. The lowest BCUT2D eigenvalue weighted by molar-refractivity contribution is 0.264. The number of piperazine rings is 1. The maximum absolute atomic E-state index is 6.43. The lowest BCUT2D eigenvalue weighted by atomic mass is 9.72. The van der Waals surface area contributed by atoms with Gasteiger partial charge < -0.3 is 9.64 Å². The maximum atomic E-state index is 6.43. The lowest BCUT2D eigenvalue weighted by Gasteiger charge is -2.39. The summed E-state index contributed by atoms with van der Waals surface area (Å²) in [6.45, 7) is 24.0. The van der Waals surface area contributed by atoms with Crippen molar-refractivity contribution in [2.24, 2.45) is 5.41 Å². The molecule has 2 aromatic carbocycles. The van der Waals surface area contributed by atoms with Gasteiger partial charge in [-0.3, -0.25) is 4.90 Å². The smallest absolute Gasteiger partial charge is 0.136 e. The highest BCUT2D eigenvalue weighted by molar-refractivity contribution is 6.30. The second-order valence-corrected chi connectivity index (χ2v) is 12.7.